The largest absolute Gasteiger partial charge is 0.310 e. The first-order valence-electron chi connectivity index (χ1n) is 19.8. The number of benzene rings is 8. The van der Waals surface area contributed by atoms with Crippen LogP contribution in [0.4, 0.5) is 17.1 Å². The lowest BCUT2D eigenvalue weighted by atomic mass is 9.79. The van der Waals surface area contributed by atoms with E-state index in [9.17, 15) is 0 Å². The smallest absolute Gasteiger partial charge is 0.0543 e. The number of fused-ring (bicyclic) bond motifs is 9. The summed E-state index contributed by atoms with van der Waals surface area (Å²) in [5.74, 6) is 0. The minimum atomic E-state index is -0.109. The molecule has 0 N–H and O–H groups in total. The first-order chi connectivity index (χ1) is 27.3. The van der Waals surface area contributed by atoms with Crippen LogP contribution in [-0.2, 0) is 10.8 Å². The summed E-state index contributed by atoms with van der Waals surface area (Å²) in [4.78, 5) is 2.49. The molecule has 268 valence electrons. The van der Waals surface area contributed by atoms with Crippen molar-refractivity contribution in [2.24, 2.45) is 0 Å². The average molecular weight is 719 g/mol. The van der Waals surface area contributed by atoms with Gasteiger partial charge in [0.05, 0.1) is 16.7 Å². The molecule has 0 bridgehead atoms. The van der Waals surface area contributed by atoms with Gasteiger partial charge in [-0.05, 0) is 105 Å². The van der Waals surface area contributed by atoms with Crippen LogP contribution in [0.15, 0.2) is 182 Å². The van der Waals surface area contributed by atoms with Gasteiger partial charge < -0.3 is 9.47 Å². The van der Waals surface area contributed by atoms with Crippen molar-refractivity contribution in [2.45, 2.75) is 38.5 Å². The van der Waals surface area contributed by atoms with Crippen molar-refractivity contribution < 1.29 is 0 Å². The summed E-state index contributed by atoms with van der Waals surface area (Å²) in [6, 6.07) is 67.4. The monoisotopic (exact) mass is 718 g/mol. The molecule has 1 aromatic heterocycles. The van der Waals surface area contributed by atoms with Gasteiger partial charge in [-0.1, -0.05) is 155 Å². The molecule has 9 aromatic rings. The lowest BCUT2D eigenvalue weighted by molar-refractivity contribution is 0.660. The molecule has 0 spiro atoms. The van der Waals surface area contributed by atoms with Crippen LogP contribution in [0.3, 0.4) is 0 Å². The summed E-state index contributed by atoms with van der Waals surface area (Å²) in [5.41, 5.74) is 20.2. The number of para-hydroxylation sites is 2. The Bertz CT molecular complexity index is 3020. The number of hydrogen-bond acceptors (Lipinski definition) is 1. The van der Waals surface area contributed by atoms with Crippen molar-refractivity contribution in [3.05, 3.63) is 204 Å². The minimum Gasteiger partial charge on any atom is -0.310 e. The molecule has 0 amide bonds. The van der Waals surface area contributed by atoms with Gasteiger partial charge in [0, 0.05) is 44.2 Å². The van der Waals surface area contributed by atoms with E-state index in [0.717, 1.165) is 17.1 Å². The molecule has 11 rings (SSSR count). The lowest BCUT2D eigenvalue weighted by Crippen LogP contribution is -2.16. The Morgan fingerprint density at radius 2 is 1.00 bits per heavy atom. The van der Waals surface area contributed by atoms with Crippen LogP contribution in [0.5, 0.6) is 0 Å². The fraction of sp³-hybridized carbons (Fsp3) is 0.111. The predicted molar refractivity (Wildman–Crippen MR) is 236 cm³/mol. The van der Waals surface area contributed by atoms with Crippen LogP contribution in [0.1, 0.15) is 49.9 Å². The Morgan fingerprint density at radius 1 is 0.411 bits per heavy atom. The van der Waals surface area contributed by atoms with E-state index < -0.39 is 0 Å². The van der Waals surface area contributed by atoms with Gasteiger partial charge in [-0.15, -0.1) is 0 Å². The molecule has 2 heteroatoms. The highest BCUT2D eigenvalue weighted by atomic mass is 15.1. The summed E-state index contributed by atoms with van der Waals surface area (Å²) in [5, 5.41) is 2.48. The molecule has 0 atom stereocenters. The van der Waals surface area contributed by atoms with E-state index in [4.69, 9.17) is 0 Å². The van der Waals surface area contributed by atoms with E-state index in [1.54, 1.807) is 0 Å². The second kappa shape index (κ2) is 11.9. The van der Waals surface area contributed by atoms with Crippen molar-refractivity contribution in [1.82, 2.24) is 4.57 Å². The predicted octanol–water partition coefficient (Wildman–Crippen LogP) is 14.5. The maximum atomic E-state index is 2.49. The number of nitrogens with zero attached hydrogens (tertiary/aromatic N) is 2. The first-order valence-corrected chi connectivity index (χ1v) is 19.8. The van der Waals surface area contributed by atoms with E-state index in [1.807, 2.05) is 0 Å². The summed E-state index contributed by atoms with van der Waals surface area (Å²) in [6.07, 6.45) is 0. The molecule has 8 aromatic carbocycles. The van der Waals surface area contributed by atoms with E-state index in [1.165, 1.54) is 83.1 Å². The summed E-state index contributed by atoms with van der Waals surface area (Å²) < 4.78 is 2.39. The molecule has 0 saturated heterocycles. The Labute approximate surface area is 328 Å². The van der Waals surface area contributed by atoms with Crippen LogP contribution < -0.4 is 4.90 Å². The molecule has 1 heterocycles. The highest BCUT2D eigenvalue weighted by molar-refractivity contribution is 6.11. The maximum Gasteiger partial charge on any atom is 0.0543 e. The molecular formula is C54H42N2. The van der Waals surface area contributed by atoms with Crippen LogP contribution in [0, 0.1) is 0 Å². The van der Waals surface area contributed by atoms with Crippen molar-refractivity contribution in [3.63, 3.8) is 0 Å². The molecule has 2 nitrogen and oxygen atoms in total. The van der Waals surface area contributed by atoms with Crippen molar-refractivity contribution in [3.8, 4) is 39.1 Å². The Balaban J connectivity index is 1.12. The molecule has 2 aliphatic carbocycles. The van der Waals surface area contributed by atoms with Gasteiger partial charge in [-0.2, -0.15) is 0 Å². The third kappa shape index (κ3) is 4.56. The molecule has 0 saturated carbocycles. The van der Waals surface area contributed by atoms with Gasteiger partial charge in [-0.3, -0.25) is 0 Å². The van der Waals surface area contributed by atoms with Gasteiger partial charge >= 0.3 is 0 Å². The van der Waals surface area contributed by atoms with Gasteiger partial charge in [0.25, 0.3) is 0 Å². The molecule has 0 fully saturated rings. The van der Waals surface area contributed by atoms with E-state index >= 15 is 0 Å². The molecule has 0 unspecified atom stereocenters. The van der Waals surface area contributed by atoms with Crippen molar-refractivity contribution >= 4 is 38.9 Å². The summed E-state index contributed by atoms with van der Waals surface area (Å²) in [6.45, 7) is 9.47. The Morgan fingerprint density at radius 3 is 1.80 bits per heavy atom. The third-order valence-electron chi connectivity index (χ3n) is 12.8. The van der Waals surface area contributed by atoms with Crippen LogP contribution in [-0.4, -0.2) is 4.57 Å². The van der Waals surface area contributed by atoms with Crippen molar-refractivity contribution in [1.29, 1.82) is 0 Å². The van der Waals surface area contributed by atoms with Gasteiger partial charge in [-0.25, -0.2) is 0 Å². The highest BCUT2D eigenvalue weighted by Gasteiger charge is 2.39. The van der Waals surface area contributed by atoms with Crippen LogP contribution >= 0.6 is 0 Å². The SMILES string of the molecule is CC1(C)c2ccccc2-c2c(N(c3ccc(-c4cccc5c4C(C)(C)c4ccccc4-5)cc3)c3ccc4c(c3)c3ccccc3n4-c3ccccc3)cccc21. The second-order valence-electron chi connectivity index (χ2n) is 16.5. The molecular weight excluding hydrogens is 677 g/mol. The zero-order valence-corrected chi connectivity index (χ0v) is 32.2. The summed E-state index contributed by atoms with van der Waals surface area (Å²) in [7, 11) is 0. The Hall–Kier alpha value is -6.64. The lowest BCUT2D eigenvalue weighted by Gasteiger charge is -2.29. The maximum absolute atomic E-state index is 2.49. The zero-order chi connectivity index (χ0) is 37.8. The van der Waals surface area contributed by atoms with E-state index in [-0.39, 0.29) is 10.8 Å². The summed E-state index contributed by atoms with van der Waals surface area (Å²) >= 11 is 0. The molecule has 0 radical (unpaired) electrons. The minimum absolute atomic E-state index is 0.0909. The second-order valence-corrected chi connectivity index (χ2v) is 16.5. The number of rotatable bonds is 5. The standard InChI is InChI=1S/C54H42N2/c1-53(2)46-24-12-9-20-43(46)51-47(53)25-15-27-50(51)55(38-32-33-49-44(34-38)41-19-10-13-26-48(41)56(49)36-16-6-5-7-17-36)37-30-28-35(29-31-37)39-21-14-22-42-40-18-8-11-23-45(40)54(3,4)52(39)42/h5-34H,1-4H3. The number of hydrogen-bond donors (Lipinski definition) is 0. The molecule has 56 heavy (non-hydrogen) atoms. The van der Waals surface area contributed by atoms with Gasteiger partial charge in [0.15, 0.2) is 0 Å². The fourth-order valence-electron chi connectivity index (χ4n) is 10.2. The van der Waals surface area contributed by atoms with Crippen LogP contribution in [0.25, 0.3) is 60.9 Å². The average Bonchev–Trinajstić information content (AvgIpc) is 3.79. The number of anilines is 3. The number of aromatic nitrogens is 1. The third-order valence-corrected chi connectivity index (χ3v) is 12.8. The quantitative estimate of drug-likeness (QED) is 0.172. The Kier molecular flexibility index (Phi) is 6.98. The fourth-order valence-corrected chi connectivity index (χ4v) is 10.2. The van der Waals surface area contributed by atoms with Crippen LogP contribution in [0.2, 0.25) is 0 Å². The normalized spacial score (nSPS) is 14.4. The topological polar surface area (TPSA) is 8.17 Å². The first kappa shape index (κ1) is 32.8. The highest BCUT2D eigenvalue weighted by Crippen LogP contribution is 2.55. The zero-order valence-electron chi connectivity index (χ0n) is 32.2. The van der Waals surface area contributed by atoms with Crippen molar-refractivity contribution in [2.75, 3.05) is 4.90 Å². The molecule has 0 aliphatic heterocycles. The van der Waals surface area contributed by atoms with E-state index in [0.29, 0.717) is 0 Å². The van der Waals surface area contributed by atoms with E-state index in [2.05, 4.69) is 219 Å². The molecule has 2 aliphatic rings. The van der Waals surface area contributed by atoms with Gasteiger partial charge in [0.1, 0.15) is 0 Å². The van der Waals surface area contributed by atoms with Gasteiger partial charge in [0.2, 0.25) is 0 Å².